The summed E-state index contributed by atoms with van der Waals surface area (Å²) in [4.78, 5) is 17.8. The number of aromatic nitrogens is 2. The third kappa shape index (κ3) is 1.88. The van der Waals surface area contributed by atoms with Crippen LogP contribution in [0.15, 0.2) is 30.7 Å². The molecule has 18 heavy (non-hydrogen) atoms. The van der Waals surface area contributed by atoms with E-state index in [4.69, 9.17) is 0 Å². The maximum atomic E-state index is 11.3. The van der Waals surface area contributed by atoms with Crippen LogP contribution in [-0.2, 0) is 4.79 Å². The van der Waals surface area contributed by atoms with E-state index in [0.717, 1.165) is 25.9 Å². The minimum atomic E-state index is 0.183. The number of carbonyl (C=O) groups excluding carboxylic acids is 1. The summed E-state index contributed by atoms with van der Waals surface area (Å²) in [6.07, 6.45) is 5.93. The van der Waals surface area contributed by atoms with E-state index in [9.17, 15) is 4.79 Å². The lowest BCUT2D eigenvalue weighted by Gasteiger charge is -2.30. The van der Waals surface area contributed by atoms with Gasteiger partial charge in [0, 0.05) is 32.1 Å². The first-order valence-corrected chi connectivity index (χ1v) is 6.43. The summed E-state index contributed by atoms with van der Waals surface area (Å²) in [5, 5.41) is 0. The van der Waals surface area contributed by atoms with Gasteiger partial charge in [-0.1, -0.05) is 6.07 Å². The van der Waals surface area contributed by atoms with Crippen LogP contribution in [0.25, 0.3) is 5.52 Å². The van der Waals surface area contributed by atoms with Crippen LogP contribution >= 0.6 is 0 Å². The zero-order chi connectivity index (χ0) is 12.5. The summed E-state index contributed by atoms with van der Waals surface area (Å²) in [7, 11) is 0. The van der Waals surface area contributed by atoms with Crippen LogP contribution in [0.1, 0.15) is 31.4 Å². The molecule has 0 radical (unpaired) electrons. The second-order valence-electron chi connectivity index (χ2n) is 4.90. The molecule has 0 atom stereocenters. The molecule has 1 aliphatic rings. The number of likely N-dealkylation sites (tertiary alicyclic amines) is 1. The van der Waals surface area contributed by atoms with E-state index in [1.807, 2.05) is 29.6 Å². The SMILES string of the molecule is CC(=O)N1CCC(c2ncn3ccccc23)CC1. The van der Waals surface area contributed by atoms with Gasteiger partial charge < -0.3 is 9.30 Å². The fourth-order valence-corrected chi connectivity index (χ4v) is 2.75. The number of hydrogen-bond donors (Lipinski definition) is 0. The first-order chi connectivity index (χ1) is 8.75. The lowest BCUT2D eigenvalue weighted by molar-refractivity contribution is -0.129. The van der Waals surface area contributed by atoms with Crippen LogP contribution < -0.4 is 0 Å². The fourth-order valence-electron chi connectivity index (χ4n) is 2.75. The Morgan fingerprint density at radius 3 is 2.83 bits per heavy atom. The Morgan fingerprint density at radius 1 is 1.33 bits per heavy atom. The van der Waals surface area contributed by atoms with Crippen molar-refractivity contribution in [3.05, 3.63) is 36.4 Å². The molecule has 94 valence electrons. The highest BCUT2D eigenvalue weighted by atomic mass is 16.2. The van der Waals surface area contributed by atoms with Gasteiger partial charge in [0.15, 0.2) is 0 Å². The summed E-state index contributed by atoms with van der Waals surface area (Å²) in [6.45, 7) is 3.35. The molecule has 0 spiro atoms. The van der Waals surface area contributed by atoms with E-state index in [2.05, 4.69) is 15.5 Å². The van der Waals surface area contributed by atoms with Crippen LogP contribution in [0.4, 0.5) is 0 Å². The number of carbonyl (C=O) groups is 1. The minimum absolute atomic E-state index is 0.183. The molecule has 0 aromatic carbocycles. The highest BCUT2D eigenvalue weighted by molar-refractivity contribution is 5.73. The van der Waals surface area contributed by atoms with Gasteiger partial charge in [0.05, 0.1) is 17.5 Å². The molecule has 0 saturated carbocycles. The van der Waals surface area contributed by atoms with Gasteiger partial charge >= 0.3 is 0 Å². The summed E-state index contributed by atoms with van der Waals surface area (Å²) in [6, 6.07) is 6.17. The molecular formula is C14H17N3O. The first-order valence-electron chi connectivity index (χ1n) is 6.43. The molecule has 0 aliphatic carbocycles. The molecular weight excluding hydrogens is 226 g/mol. The van der Waals surface area contributed by atoms with Crippen LogP contribution in [0.3, 0.4) is 0 Å². The molecule has 0 bridgehead atoms. The molecule has 1 aliphatic heterocycles. The average molecular weight is 243 g/mol. The zero-order valence-corrected chi connectivity index (χ0v) is 10.5. The van der Waals surface area contributed by atoms with Gasteiger partial charge in [0.2, 0.25) is 5.91 Å². The summed E-state index contributed by atoms with van der Waals surface area (Å²) in [5.41, 5.74) is 2.37. The number of imidazole rings is 1. The Labute approximate surface area is 106 Å². The number of pyridine rings is 1. The number of nitrogens with zero attached hydrogens (tertiary/aromatic N) is 3. The van der Waals surface area contributed by atoms with Gasteiger partial charge in [0.25, 0.3) is 0 Å². The van der Waals surface area contributed by atoms with E-state index >= 15 is 0 Å². The van der Waals surface area contributed by atoms with Crippen molar-refractivity contribution in [1.82, 2.24) is 14.3 Å². The lowest BCUT2D eigenvalue weighted by atomic mass is 9.93. The standard InChI is InChI=1S/C14H17N3O/c1-11(18)16-8-5-12(6-9-16)14-13-4-2-3-7-17(13)10-15-14/h2-4,7,10,12H,5-6,8-9H2,1H3. The van der Waals surface area contributed by atoms with Gasteiger partial charge in [-0.2, -0.15) is 0 Å². The van der Waals surface area contributed by atoms with Crippen molar-refractivity contribution in [2.24, 2.45) is 0 Å². The maximum absolute atomic E-state index is 11.3. The molecule has 1 saturated heterocycles. The number of piperidine rings is 1. The number of rotatable bonds is 1. The molecule has 0 unspecified atom stereocenters. The quantitative estimate of drug-likeness (QED) is 0.769. The predicted molar refractivity (Wildman–Crippen MR) is 69.4 cm³/mol. The highest BCUT2D eigenvalue weighted by Gasteiger charge is 2.24. The lowest BCUT2D eigenvalue weighted by Crippen LogP contribution is -2.36. The second-order valence-corrected chi connectivity index (χ2v) is 4.90. The van der Waals surface area contributed by atoms with Crippen LogP contribution in [0.5, 0.6) is 0 Å². The fraction of sp³-hybridized carbons (Fsp3) is 0.429. The molecule has 4 heteroatoms. The summed E-state index contributed by atoms with van der Waals surface area (Å²) in [5.74, 6) is 0.663. The van der Waals surface area contributed by atoms with Gasteiger partial charge in [-0.05, 0) is 25.0 Å². The molecule has 0 N–H and O–H groups in total. The van der Waals surface area contributed by atoms with Crippen molar-refractivity contribution < 1.29 is 4.79 Å². The Bertz CT molecular complexity index is 567. The van der Waals surface area contributed by atoms with Crippen molar-refractivity contribution in [3.63, 3.8) is 0 Å². The molecule has 3 rings (SSSR count). The highest BCUT2D eigenvalue weighted by Crippen LogP contribution is 2.29. The van der Waals surface area contributed by atoms with Crippen LogP contribution in [0.2, 0.25) is 0 Å². The normalized spacial score (nSPS) is 17.3. The maximum Gasteiger partial charge on any atom is 0.219 e. The summed E-state index contributed by atoms with van der Waals surface area (Å²) < 4.78 is 2.06. The molecule has 2 aromatic heterocycles. The van der Waals surface area contributed by atoms with Gasteiger partial charge in [-0.25, -0.2) is 4.98 Å². The average Bonchev–Trinajstić information content (AvgIpc) is 2.82. The van der Waals surface area contributed by atoms with E-state index in [-0.39, 0.29) is 5.91 Å². The van der Waals surface area contributed by atoms with Crippen molar-refractivity contribution in [3.8, 4) is 0 Å². The molecule has 4 nitrogen and oxygen atoms in total. The van der Waals surface area contributed by atoms with E-state index in [1.54, 1.807) is 6.92 Å². The molecule has 1 fully saturated rings. The molecule has 2 aromatic rings. The third-order valence-electron chi connectivity index (χ3n) is 3.80. The third-order valence-corrected chi connectivity index (χ3v) is 3.80. The van der Waals surface area contributed by atoms with E-state index in [1.165, 1.54) is 11.2 Å². The van der Waals surface area contributed by atoms with Crippen LogP contribution in [0, 0.1) is 0 Å². The largest absolute Gasteiger partial charge is 0.343 e. The number of fused-ring (bicyclic) bond motifs is 1. The number of amides is 1. The zero-order valence-electron chi connectivity index (χ0n) is 10.5. The molecule has 3 heterocycles. The van der Waals surface area contributed by atoms with Crippen molar-refractivity contribution in [2.45, 2.75) is 25.7 Å². The van der Waals surface area contributed by atoms with Crippen molar-refractivity contribution >= 4 is 11.4 Å². The first kappa shape index (κ1) is 11.3. The molecule has 1 amide bonds. The predicted octanol–water partition coefficient (Wildman–Crippen LogP) is 2.06. The van der Waals surface area contributed by atoms with Gasteiger partial charge in [0.1, 0.15) is 0 Å². The Kier molecular flexibility index (Phi) is 2.78. The Hall–Kier alpha value is -1.84. The van der Waals surface area contributed by atoms with Gasteiger partial charge in [-0.3, -0.25) is 4.79 Å². The monoisotopic (exact) mass is 243 g/mol. The number of hydrogen-bond acceptors (Lipinski definition) is 2. The van der Waals surface area contributed by atoms with Crippen molar-refractivity contribution in [1.29, 1.82) is 0 Å². The van der Waals surface area contributed by atoms with Crippen LogP contribution in [-0.4, -0.2) is 33.3 Å². The van der Waals surface area contributed by atoms with E-state index < -0.39 is 0 Å². The minimum Gasteiger partial charge on any atom is -0.343 e. The summed E-state index contributed by atoms with van der Waals surface area (Å²) >= 11 is 0. The second kappa shape index (κ2) is 4.44. The van der Waals surface area contributed by atoms with Crippen molar-refractivity contribution in [2.75, 3.05) is 13.1 Å². The Balaban J connectivity index is 1.82. The smallest absolute Gasteiger partial charge is 0.219 e. The van der Waals surface area contributed by atoms with Gasteiger partial charge in [-0.15, -0.1) is 0 Å². The Morgan fingerprint density at radius 2 is 2.11 bits per heavy atom. The van der Waals surface area contributed by atoms with E-state index in [0.29, 0.717) is 5.92 Å². The topological polar surface area (TPSA) is 37.6 Å².